The van der Waals surface area contributed by atoms with Gasteiger partial charge in [0.05, 0.1) is 18.9 Å². The van der Waals surface area contributed by atoms with Crippen LogP contribution in [0.5, 0.6) is 0 Å². The summed E-state index contributed by atoms with van der Waals surface area (Å²) >= 11 is 1.56. The predicted molar refractivity (Wildman–Crippen MR) is 165 cm³/mol. The summed E-state index contributed by atoms with van der Waals surface area (Å²) in [7, 11) is 0. The molecule has 4 rings (SSSR count). The van der Waals surface area contributed by atoms with E-state index in [1.807, 2.05) is 55.6 Å². The van der Waals surface area contributed by atoms with Gasteiger partial charge >= 0.3 is 24.8 Å². The Morgan fingerprint density at radius 1 is 1.07 bits per heavy atom. The summed E-state index contributed by atoms with van der Waals surface area (Å²) in [6, 6.07) is 14.6. The number of carboxylic acids is 1. The minimum atomic E-state index is -1.03. The Morgan fingerprint density at radius 2 is 1.86 bits per heavy atom. The van der Waals surface area contributed by atoms with E-state index >= 15 is 0 Å². The molecule has 0 radical (unpaired) electrons. The van der Waals surface area contributed by atoms with E-state index in [1.54, 1.807) is 30.2 Å². The van der Waals surface area contributed by atoms with Crippen molar-refractivity contribution in [1.29, 1.82) is 0 Å². The summed E-state index contributed by atoms with van der Waals surface area (Å²) in [6.45, 7) is 2.39. The van der Waals surface area contributed by atoms with Gasteiger partial charge in [-0.2, -0.15) is 22.0 Å². The molecule has 0 aliphatic heterocycles. The number of carbonyl (C=O) groups excluding carboxylic acids is 1. The molecule has 2 aromatic carbocycles. The van der Waals surface area contributed by atoms with Crippen molar-refractivity contribution in [3.05, 3.63) is 83.2 Å². The zero-order valence-electron chi connectivity index (χ0n) is 26.1. The Kier molecular flexibility index (Phi) is 14.1. The fraction of sp³-hybridized carbons (Fsp3) is 0.455. The van der Waals surface area contributed by atoms with Crippen LogP contribution in [-0.4, -0.2) is 45.2 Å². The molecule has 1 fully saturated rings. The molecule has 1 heterocycles. The molecule has 42 heavy (non-hydrogen) atoms. The molecule has 1 aliphatic rings. The van der Waals surface area contributed by atoms with Gasteiger partial charge in [0.15, 0.2) is 0 Å². The van der Waals surface area contributed by atoms with Crippen LogP contribution >= 0.6 is 11.8 Å². The number of hydrogen-bond donors (Lipinski definition) is 2. The summed E-state index contributed by atoms with van der Waals surface area (Å²) in [4.78, 5) is 25.2. The standard InChI is InChI=1S/C33H41N3O4S.Li.H/c1-23-8-6-7-11-27(23)29-20-25(12-14-28(29)32(37)36-30(33(38)39)17-19-41-2)22-40-31(26-16-18-34-35-21-26)15-13-24-9-4-3-5-10-24;;/h6-8,11-12,14,16,18,20-21,24,30-31H,3-5,9-10,13,15,17,19,22H2,1-2H3,(H,36,37)(H,38,39);;/q;+1;-1/t30-,31?;;/m0../s1. The first-order valence-electron chi connectivity index (χ1n) is 14.6. The maximum Gasteiger partial charge on any atom is 1.00 e. The summed E-state index contributed by atoms with van der Waals surface area (Å²) in [6.07, 6.45) is 14.3. The Morgan fingerprint density at radius 3 is 2.55 bits per heavy atom. The maximum absolute atomic E-state index is 13.4. The fourth-order valence-electron chi connectivity index (χ4n) is 5.60. The second-order valence-corrected chi connectivity index (χ2v) is 11.9. The van der Waals surface area contributed by atoms with Gasteiger partial charge < -0.3 is 16.6 Å². The number of carbonyl (C=O) groups is 2. The Labute approximate surface area is 267 Å². The molecule has 7 nitrogen and oxygen atoms in total. The minimum absolute atomic E-state index is 0. The number of thioether (sulfide) groups is 1. The van der Waals surface area contributed by atoms with E-state index in [4.69, 9.17) is 4.74 Å². The zero-order chi connectivity index (χ0) is 29.0. The van der Waals surface area contributed by atoms with Crippen LogP contribution in [0.15, 0.2) is 60.9 Å². The first-order valence-corrected chi connectivity index (χ1v) is 16.0. The summed E-state index contributed by atoms with van der Waals surface area (Å²) < 4.78 is 6.52. The Balaban J connectivity index is 0.00000323. The van der Waals surface area contributed by atoms with E-state index in [1.165, 1.54) is 32.1 Å². The first-order chi connectivity index (χ1) is 20.0. The molecule has 9 heteroatoms. The minimum Gasteiger partial charge on any atom is -1.00 e. The second kappa shape index (κ2) is 17.5. The molecular weight excluding hydrogens is 541 g/mol. The van der Waals surface area contributed by atoms with E-state index in [-0.39, 0.29) is 26.4 Å². The number of benzene rings is 2. The summed E-state index contributed by atoms with van der Waals surface area (Å²) in [5.41, 5.74) is 5.15. The van der Waals surface area contributed by atoms with Crippen molar-refractivity contribution in [3.63, 3.8) is 0 Å². The molecule has 1 amide bonds. The topological polar surface area (TPSA) is 101 Å². The first kappa shape index (κ1) is 33.9. The average Bonchev–Trinajstić information content (AvgIpc) is 3.00. The van der Waals surface area contributed by atoms with Crippen molar-refractivity contribution >= 4 is 23.6 Å². The molecule has 2 atom stereocenters. The largest absolute Gasteiger partial charge is 1.00 e. The van der Waals surface area contributed by atoms with Gasteiger partial charge in [-0.3, -0.25) is 4.79 Å². The quantitative estimate of drug-likeness (QED) is 0.275. The monoisotopic (exact) mass is 583 g/mol. The van der Waals surface area contributed by atoms with E-state index < -0.39 is 17.9 Å². The van der Waals surface area contributed by atoms with Crippen molar-refractivity contribution < 1.29 is 39.7 Å². The van der Waals surface area contributed by atoms with Crippen LogP contribution < -0.4 is 24.2 Å². The number of hydrogen-bond acceptors (Lipinski definition) is 6. The Bertz CT molecular complexity index is 1290. The third-order valence-electron chi connectivity index (χ3n) is 7.97. The van der Waals surface area contributed by atoms with E-state index in [0.717, 1.165) is 46.6 Å². The molecule has 1 unspecified atom stereocenters. The fourth-order valence-corrected chi connectivity index (χ4v) is 6.07. The molecule has 1 aromatic heterocycles. The van der Waals surface area contributed by atoms with Gasteiger partial charge in [0.2, 0.25) is 0 Å². The molecule has 1 saturated carbocycles. The summed E-state index contributed by atoms with van der Waals surface area (Å²) in [5, 5.41) is 20.4. The van der Waals surface area contributed by atoms with Crippen LogP contribution in [0.3, 0.4) is 0 Å². The molecule has 0 bridgehead atoms. The van der Waals surface area contributed by atoms with Gasteiger partial charge in [0, 0.05) is 17.3 Å². The number of aromatic nitrogens is 2. The van der Waals surface area contributed by atoms with E-state index in [2.05, 4.69) is 15.5 Å². The van der Waals surface area contributed by atoms with Gasteiger partial charge in [-0.05, 0) is 84.6 Å². The number of nitrogens with zero attached hydrogens (tertiary/aromatic N) is 2. The van der Waals surface area contributed by atoms with Gasteiger partial charge in [-0.1, -0.05) is 62.4 Å². The predicted octanol–water partition coefficient (Wildman–Crippen LogP) is 4.12. The number of aliphatic carboxylic acids is 1. The van der Waals surface area contributed by atoms with Crippen LogP contribution in [0.4, 0.5) is 0 Å². The van der Waals surface area contributed by atoms with Crippen molar-refractivity contribution in [2.24, 2.45) is 5.92 Å². The van der Waals surface area contributed by atoms with E-state index in [0.29, 0.717) is 24.3 Å². The number of amides is 1. The normalized spacial score (nSPS) is 14.9. The van der Waals surface area contributed by atoms with Crippen LogP contribution in [0, 0.1) is 12.8 Å². The molecule has 0 spiro atoms. The number of rotatable bonds is 14. The van der Waals surface area contributed by atoms with Gasteiger partial charge in [0.1, 0.15) is 6.04 Å². The third-order valence-corrected chi connectivity index (χ3v) is 8.61. The van der Waals surface area contributed by atoms with Gasteiger partial charge in [0.25, 0.3) is 5.91 Å². The molecule has 3 aromatic rings. The average molecular weight is 584 g/mol. The second-order valence-electron chi connectivity index (χ2n) is 10.9. The molecule has 1 aliphatic carbocycles. The number of ether oxygens (including phenoxy) is 1. The number of aryl methyl sites for hydroxylation is 1. The SMILES string of the molecule is CSCC[C@H](NC(=O)c1ccc(COC(CCC2CCCCC2)c2ccnnc2)cc1-c1ccccc1C)C(=O)O.[H-].[Li+]. The van der Waals surface area contributed by atoms with Crippen LogP contribution in [-0.2, 0) is 16.1 Å². The smallest absolute Gasteiger partial charge is 1.00 e. The third kappa shape index (κ3) is 9.70. The zero-order valence-corrected chi connectivity index (χ0v) is 25.9. The number of carboxylic acid groups (broad SMARTS) is 1. The molecule has 2 N–H and O–H groups in total. The number of nitrogens with one attached hydrogen (secondary N) is 1. The molecule has 0 saturated heterocycles. The van der Waals surface area contributed by atoms with Crippen molar-refractivity contribution in [2.75, 3.05) is 12.0 Å². The summed E-state index contributed by atoms with van der Waals surface area (Å²) in [5.74, 6) is -0.0228. The van der Waals surface area contributed by atoms with Gasteiger partial charge in [-0.15, -0.1) is 0 Å². The van der Waals surface area contributed by atoms with Crippen molar-refractivity contribution in [2.45, 2.75) is 77.0 Å². The van der Waals surface area contributed by atoms with Crippen LogP contribution in [0.2, 0.25) is 0 Å². The molecule has 220 valence electrons. The van der Waals surface area contributed by atoms with Crippen molar-refractivity contribution in [1.82, 2.24) is 15.5 Å². The van der Waals surface area contributed by atoms with Gasteiger partial charge in [-0.25, -0.2) is 4.79 Å². The Hall–Kier alpha value is -2.63. The van der Waals surface area contributed by atoms with E-state index in [9.17, 15) is 14.7 Å². The van der Waals surface area contributed by atoms with Crippen LogP contribution in [0.1, 0.15) is 85.9 Å². The maximum atomic E-state index is 13.4. The molecular formula is C33H42LiN3O4S. The van der Waals surface area contributed by atoms with Crippen LogP contribution in [0.25, 0.3) is 11.1 Å². The van der Waals surface area contributed by atoms with Crippen molar-refractivity contribution in [3.8, 4) is 11.1 Å².